The zero-order valence-electron chi connectivity index (χ0n) is 81.4. The van der Waals surface area contributed by atoms with E-state index in [4.69, 9.17) is 65.2 Å². The lowest BCUT2D eigenvalue weighted by molar-refractivity contribution is -0.157. The van der Waals surface area contributed by atoms with Crippen LogP contribution in [0.4, 0.5) is 26.3 Å². The molecule has 143 heavy (non-hydrogen) atoms. The van der Waals surface area contributed by atoms with E-state index in [9.17, 15) is 65.3 Å². The Morgan fingerprint density at radius 3 is 1.08 bits per heavy atom. The molecule has 0 amide bonds. The maximum Gasteiger partial charge on any atom is 0.332 e. The van der Waals surface area contributed by atoms with Crippen LogP contribution < -0.4 is 11.5 Å². The van der Waals surface area contributed by atoms with Crippen molar-refractivity contribution in [3.63, 3.8) is 0 Å². The van der Waals surface area contributed by atoms with E-state index >= 15 is 0 Å². The van der Waals surface area contributed by atoms with E-state index in [1.807, 2.05) is 195 Å². The van der Waals surface area contributed by atoms with Crippen LogP contribution in [-0.2, 0) is 94.5 Å². The lowest BCUT2D eigenvalue weighted by Crippen LogP contribution is -2.48. The average molecular weight is 2370 g/mol. The number of hydrogen-bond acceptors (Lipinski definition) is 19. The first-order valence-corrected chi connectivity index (χ1v) is 50.0. The quantitative estimate of drug-likeness (QED) is 0.00564. The summed E-state index contributed by atoms with van der Waals surface area (Å²) in [5, 5.41) is 54.4. The molecular weight excluding hydrogens is 2250 g/mol. The first-order valence-electron chi connectivity index (χ1n) is 44.9. The molecule has 5 atom stereocenters. The van der Waals surface area contributed by atoms with Gasteiger partial charge in [-0.2, -0.15) is 0 Å². The number of carbonyl (C=O) groups excluding carboxylic acids is 3. The number of carbonyl (C=O) groups is 6. The van der Waals surface area contributed by atoms with Gasteiger partial charge in [0.1, 0.15) is 70.3 Å². The van der Waals surface area contributed by atoms with E-state index in [1.54, 1.807) is 96.7 Å². The topological polar surface area (TPSA) is 356 Å². The van der Waals surface area contributed by atoms with Crippen molar-refractivity contribution in [3.05, 3.63) is 367 Å². The summed E-state index contributed by atoms with van der Waals surface area (Å²) in [5.74, 6) is -7.21. The fourth-order valence-electron chi connectivity index (χ4n) is 12.2. The molecule has 0 unspecified atom stereocenters. The van der Waals surface area contributed by atoms with E-state index in [-0.39, 0.29) is 62.1 Å². The average Bonchev–Trinajstić information content (AvgIpc) is 1.08. The van der Waals surface area contributed by atoms with E-state index in [0.29, 0.717) is 93.0 Å². The van der Waals surface area contributed by atoms with Crippen molar-refractivity contribution in [2.45, 2.75) is 199 Å². The number of aliphatic hydroxyl groups excluding tert-OH is 2. The van der Waals surface area contributed by atoms with Gasteiger partial charge < -0.3 is 70.4 Å². The zero-order valence-corrected chi connectivity index (χ0v) is 90.9. The van der Waals surface area contributed by atoms with Crippen LogP contribution in [0.5, 0.6) is 0 Å². The normalized spacial score (nSPS) is 13.3. The Morgan fingerprint density at radius 1 is 0.413 bits per heavy atom. The van der Waals surface area contributed by atoms with Crippen LogP contribution in [-0.4, -0.2) is 177 Å². The number of aliphatic hydroxyl groups is 3. The fraction of sp³-hybridized carbons (Fsp3) is 0.333. The predicted molar refractivity (Wildman–Crippen MR) is 566 cm³/mol. The minimum Gasteiger partial charge on any atom is -0.480 e. The standard InChI is InChI=1S/C26H25BrFNO2.C19H21NO2.C14H15FO4.C13H17BrFNO2.C11H20BO3.C9H9BrFNO2.C9H8BrFO3.C7H5Br2F/c1-26(2,3)31-25(30)23(17-18-14-15-21(27)22(28)16-18)29-24(19-10-6-4-7-11-19)20-12-8-5-9-13-20;1-19(2,3)22-17(21)14-20-18(15-10-6-4-7-11-15)16-12-8-5-9-13-16;15-12-7-9(8-13(16)14(17)18)1-2-11(12)10-3-5-19-6-4-10;1-13(2,3)18-12(17)11(16)7-8-4-5-9(14)10(15)6-8;1-10(2,13)11(3,4)15-12-9-5-7-14-8-6-9;2*10-6-2-1-5(3-7(6)11)4-8(12)9(13)14;8-4-5-1-2-6(9)7(10)3-5/h4-16,23H,17H2,1-3H3;4-13H,14H2,1-3H3;1-3,7,13,16H,4-6,8H2,(H,17,18);4-6,11H,7,16H2,1-3H3;5,13H,6-8H2,1-4H3;1-3,8H,4,12H2,(H,13,14);1-3,8,12H,4H2,(H,13,14);1-3H,4H2/t23-;;13-;11-;;2*8-;/m0.00.00./s1. The third-order valence-corrected chi connectivity index (χ3v) is 24.0. The van der Waals surface area contributed by atoms with Gasteiger partial charge in [0.25, 0.3) is 0 Å². The van der Waals surface area contributed by atoms with Gasteiger partial charge in [-0.25, -0.2) is 40.7 Å². The Labute approximate surface area is 882 Å². The van der Waals surface area contributed by atoms with Gasteiger partial charge in [-0.3, -0.25) is 24.4 Å². The highest BCUT2D eigenvalue weighted by molar-refractivity contribution is 9.11. The molecule has 0 spiro atoms. The van der Waals surface area contributed by atoms with Gasteiger partial charge in [-0.15, -0.1) is 0 Å². The van der Waals surface area contributed by atoms with Crippen molar-refractivity contribution in [2.75, 3.05) is 33.0 Å². The van der Waals surface area contributed by atoms with Crippen molar-refractivity contribution in [3.8, 4) is 0 Å². The molecule has 0 saturated carbocycles. The fourth-order valence-corrected chi connectivity index (χ4v) is 13.8. The summed E-state index contributed by atoms with van der Waals surface area (Å²) < 4.78 is 114. The van der Waals surface area contributed by atoms with Gasteiger partial charge in [0.05, 0.1) is 64.8 Å². The summed E-state index contributed by atoms with van der Waals surface area (Å²) in [5.41, 5.74) is 19.4. The third kappa shape index (κ3) is 47.4. The second-order valence-electron chi connectivity index (χ2n) is 36.2. The van der Waals surface area contributed by atoms with Crippen molar-refractivity contribution in [1.29, 1.82) is 0 Å². The number of ether oxygens (including phenoxy) is 5. The number of aliphatic imine (C=N–C) groups is 2. The molecule has 1 radical (unpaired) electrons. The van der Waals surface area contributed by atoms with Crippen LogP contribution >= 0.6 is 95.6 Å². The van der Waals surface area contributed by atoms with Gasteiger partial charge in [0, 0.05) is 59.0 Å². The smallest absolute Gasteiger partial charge is 0.332 e. The van der Waals surface area contributed by atoms with Gasteiger partial charge in [0.2, 0.25) is 0 Å². The number of carboxylic acid groups (broad SMARTS) is 3. The van der Waals surface area contributed by atoms with E-state index < -0.39 is 106 Å². The lowest BCUT2D eigenvalue weighted by atomic mass is 9.80. The predicted octanol–water partition coefficient (Wildman–Crippen LogP) is 22.7. The Morgan fingerprint density at radius 2 is 0.748 bits per heavy atom. The molecule has 10 aromatic carbocycles. The molecule has 0 aromatic heterocycles. The second-order valence-corrected chi connectivity index (χ2v) is 41.0. The van der Waals surface area contributed by atoms with Crippen molar-refractivity contribution < 1.29 is 114 Å². The number of nitrogens with zero attached hydrogens (tertiary/aromatic N) is 2. The number of benzene rings is 10. The van der Waals surface area contributed by atoms with E-state index in [2.05, 4.69) is 101 Å². The molecule has 22 nitrogen and oxygen atoms in total. The minimum atomic E-state index is -1.51. The molecule has 0 saturated heterocycles. The van der Waals surface area contributed by atoms with E-state index in [0.717, 1.165) is 57.6 Å². The first kappa shape index (κ1) is 124. The van der Waals surface area contributed by atoms with Crippen LogP contribution in [0.25, 0.3) is 5.57 Å². The Kier molecular flexibility index (Phi) is 52.6. The molecule has 10 N–H and O–H groups in total. The Bertz CT molecular complexity index is 5760. The summed E-state index contributed by atoms with van der Waals surface area (Å²) in [7, 11) is 1.74. The highest BCUT2D eigenvalue weighted by Crippen LogP contribution is 2.30. The number of hydrogen-bond donors (Lipinski definition) is 8. The number of esters is 3. The molecule has 2 aliphatic rings. The maximum absolute atomic E-state index is 14.1. The van der Waals surface area contributed by atoms with Crippen molar-refractivity contribution in [2.24, 2.45) is 21.5 Å². The molecule has 767 valence electrons. The van der Waals surface area contributed by atoms with Crippen LogP contribution in [0.3, 0.4) is 0 Å². The molecule has 2 aliphatic heterocycles. The third-order valence-electron chi connectivity index (χ3n) is 20.1. The highest BCUT2D eigenvalue weighted by Gasteiger charge is 2.36. The van der Waals surface area contributed by atoms with E-state index in [1.165, 1.54) is 48.5 Å². The summed E-state index contributed by atoms with van der Waals surface area (Å²) in [6.45, 7) is 26.1. The summed E-state index contributed by atoms with van der Waals surface area (Å²) in [6, 6.07) is 64.3. The highest BCUT2D eigenvalue weighted by atomic mass is 79.9. The number of rotatable bonds is 28. The number of carboxylic acids is 3. The number of nitrogens with two attached hydrogens (primary N) is 2. The Hall–Kier alpha value is -9.96. The molecule has 35 heteroatoms. The van der Waals surface area contributed by atoms with Crippen LogP contribution in [0, 0.1) is 34.9 Å². The number of alkyl halides is 1. The maximum atomic E-state index is 14.1. The summed E-state index contributed by atoms with van der Waals surface area (Å²) in [6.07, 6.45) is 2.78. The van der Waals surface area contributed by atoms with Gasteiger partial charge in [-0.1, -0.05) is 197 Å². The molecule has 10 aromatic rings. The summed E-state index contributed by atoms with van der Waals surface area (Å²) in [4.78, 5) is 77.3. The second kappa shape index (κ2) is 60.8. The van der Waals surface area contributed by atoms with Crippen molar-refractivity contribution >= 4 is 156 Å². The number of halogens is 12. The lowest BCUT2D eigenvalue weighted by Gasteiger charge is -2.38. The molecule has 0 bridgehead atoms. The van der Waals surface area contributed by atoms with Gasteiger partial charge in [0.15, 0.2) is 18.2 Å². The monoisotopic (exact) mass is 2360 g/mol. The zero-order chi connectivity index (χ0) is 107. The SMILES string of the molecule is CC(C)(C)OC(=O)CN=C(c1ccccc1)c1ccccc1.CC(C)(C)OC(=O)[C@@H](N)Cc1ccc(Br)c(F)c1.CC(C)(C)OC(=O)[C@H](Cc1ccc(Br)c(F)c1)N=C(c1ccccc1)c1ccccc1.CC(C)(O)C(C)(C)O[B]C1=CCOCC1.Fc1cc(CBr)ccc1Br.N[C@@H](Cc1ccc(Br)c(F)c1)C(=O)O.O=C(O)[C@@H](O)Cc1ccc(Br)c(F)c1.O=C(O)[C@@H](O)Cc1ccc(C2=CCOCC2)c(F)c1. The summed E-state index contributed by atoms with van der Waals surface area (Å²) >= 11 is 18.5. The van der Waals surface area contributed by atoms with Crippen LogP contribution in [0.2, 0.25) is 0 Å². The largest absolute Gasteiger partial charge is 0.480 e. The molecule has 0 aliphatic carbocycles. The van der Waals surface area contributed by atoms with Crippen LogP contribution in [0.1, 0.15) is 164 Å². The van der Waals surface area contributed by atoms with Crippen molar-refractivity contribution in [1.82, 2.24) is 0 Å². The molecule has 0 fully saturated rings. The Balaban J connectivity index is 0.000000294. The minimum absolute atomic E-state index is 0.0103. The van der Waals surface area contributed by atoms with Gasteiger partial charge in [-0.05, 0) is 301 Å². The molecule has 12 rings (SSSR count). The molecule has 2 heterocycles. The molecular formula is C108H120BBr6F6N4O18. The van der Waals surface area contributed by atoms with Crippen LogP contribution in [0.15, 0.2) is 280 Å². The number of aliphatic carboxylic acids is 3. The first-order chi connectivity index (χ1) is 67.0. The van der Waals surface area contributed by atoms with Gasteiger partial charge >= 0.3 is 43.3 Å².